The number of nitrogens with zero attached hydrogens (tertiary/aromatic N) is 2. The first-order chi connectivity index (χ1) is 7.73. The molecular formula is C11H20N2O4. The summed E-state index contributed by atoms with van der Waals surface area (Å²) >= 11 is 0. The van der Waals surface area contributed by atoms with E-state index in [1.165, 1.54) is 4.90 Å². The molecule has 6 nitrogen and oxygen atoms in total. The molecule has 0 radical (unpaired) electrons. The van der Waals surface area contributed by atoms with Crippen molar-refractivity contribution in [3.05, 3.63) is 0 Å². The molecule has 6 heteroatoms. The zero-order chi connectivity index (χ0) is 13.2. The summed E-state index contributed by atoms with van der Waals surface area (Å²) < 4.78 is 5.46. The van der Waals surface area contributed by atoms with Crippen molar-refractivity contribution >= 4 is 11.9 Å². The molecular weight excluding hydrogens is 224 g/mol. The Morgan fingerprint density at radius 1 is 1.47 bits per heavy atom. The SMILES string of the molecule is CN(C)C(=O)CN1CC(C)(C)OCC1C(=O)O. The smallest absolute Gasteiger partial charge is 0.323 e. The van der Waals surface area contributed by atoms with Crippen molar-refractivity contribution in [2.24, 2.45) is 0 Å². The summed E-state index contributed by atoms with van der Waals surface area (Å²) in [6, 6.07) is -0.744. The maximum atomic E-state index is 11.6. The minimum absolute atomic E-state index is 0.103. The van der Waals surface area contributed by atoms with Gasteiger partial charge in [-0.05, 0) is 13.8 Å². The van der Waals surface area contributed by atoms with Crippen LogP contribution in [0.1, 0.15) is 13.8 Å². The Hall–Kier alpha value is -1.14. The zero-order valence-corrected chi connectivity index (χ0v) is 10.8. The zero-order valence-electron chi connectivity index (χ0n) is 10.8. The number of hydrogen-bond acceptors (Lipinski definition) is 4. The minimum atomic E-state index is -0.952. The molecule has 1 aliphatic rings. The van der Waals surface area contributed by atoms with Crippen LogP contribution in [-0.2, 0) is 14.3 Å². The van der Waals surface area contributed by atoms with Crippen molar-refractivity contribution in [2.45, 2.75) is 25.5 Å². The third kappa shape index (κ3) is 3.67. The van der Waals surface area contributed by atoms with E-state index in [0.717, 1.165) is 0 Å². The Bertz CT molecular complexity index is 315. The average molecular weight is 244 g/mol. The summed E-state index contributed by atoms with van der Waals surface area (Å²) in [7, 11) is 3.31. The number of rotatable bonds is 3. The summed E-state index contributed by atoms with van der Waals surface area (Å²) in [5, 5.41) is 9.08. The molecule has 0 spiro atoms. The van der Waals surface area contributed by atoms with Crippen molar-refractivity contribution in [1.82, 2.24) is 9.80 Å². The van der Waals surface area contributed by atoms with E-state index < -0.39 is 17.6 Å². The Morgan fingerprint density at radius 2 is 2.06 bits per heavy atom. The van der Waals surface area contributed by atoms with Gasteiger partial charge < -0.3 is 14.7 Å². The second kappa shape index (κ2) is 5.01. The molecule has 0 saturated carbocycles. The molecule has 1 unspecified atom stereocenters. The highest BCUT2D eigenvalue weighted by Gasteiger charge is 2.38. The quantitative estimate of drug-likeness (QED) is 0.734. The number of aliphatic carboxylic acids is 1. The molecule has 1 amide bonds. The normalized spacial score (nSPS) is 24.4. The lowest BCUT2D eigenvalue weighted by Crippen LogP contribution is -2.58. The first kappa shape index (κ1) is 13.9. The van der Waals surface area contributed by atoms with Crippen LogP contribution in [0.3, 0.4) is 0 Å². The van der Waals surface area contributed by atoms with Crippen molar-refractivity contribution < 1.29 is 19.4 Å². The number of morpholine rings is 1. The molecule has 0 aromatic heterocycles. The number of likely N-dealkylation sites (N-methyl/N-ethyl adjacent to an activating group) is 1. The number of hydrogen-bond donors (Lipinski definition) is 1. The molecule has 1 N–H and O–H groups in total. The van der Waals surface area contributed by atoms with Crippen LogP contribution in [0.5, 0.6) is 0 Å². The van der Waals surface area contributed by atoms with Crippen molar-refractivity contribution in [1.29, 1.82) is 0 Å². The third-order valence-corrected chi connectivity index (χ3v) is 2.78. The second-order valence-electron chi connectivity index (χ2n) is 5.12. The van der Waals surface area contributed by atoms with Crippen LogP contribution >= 0.6 is 0 Å². The lowest BCUT2D eigenvalue weighted by molar-refractivity contribution is -0.164. The molecule has 1 atom stereocenters. The van der Waals surface area contributed by atoms with Gasteiger partial charge in [0.25, 0.3) is 0 Å². The van der Waals surface area contributed by atoms with Crippen LogP contribution in [0, 0.1) is 0 Å². The molecule has 0 aromatic carbocycles. The molecule has 1 saturated heterocycles. The van der Waals surface area contributed by atoms with Gasteiger partial charge in [0.05, 0.1) is 18.8 Å². The predicted octanol–water partition coefficient (Wildman–Crippen LogP) is -0.361. The molecule has 0 aromatic rings. The highest BCUT2D eigenvalue weighted by Crippen LogP contribution is 2.20. The Kier molecular flexibility index (Phi) is 4.11. The standard InChI is InChI=1S/C11H20N2O4/c1-11(2)7-13(5-9(14)12(3)4)8(6-17-11)10(15)16/h8H,5-7H2,1-4H3,(H,15,16). The van der Waals surface area contributed by atoms with Gasteiger partial charge in [-0.15, -0.1) is 0 Å². The average Bonchev–Trinajstić information content (AvgIpc) is 2.15. The fourth-order valence-electron chi connectivity index (χ4n) is 1.76. The molecule has 1 aliphatic heterocycles. The maximum absolute atomic E-state index is 11.6. The van der Waals surface area contributed by atoms with Crippen LogP contribution in [0.4, 0.5) is 0 Å². The van der Waals surface area contributed by atoms with E-state index in [-0.39, 0.29) is 19.1 Å². The number of ether oxygens (including phenoxy) is 1. The Morgan fingerprint density at radius 3 is 2.53 bits per heavy atom. The van der Waals surface area contributed by atoms with Crippen LogP contribution in [0.15, 0.2) is 0 Å². The Labute approximate surface area is 101 Å². The van der Waals surface area contributed by atoms with E-state index in [2.05, 4.69) is 0 Å². The topological polar surface area (TPSA) is 70.1 Å². The Balaban J connectivity index is 2.74. The number of amides is 1. The maximum Gasteiger partial charge on any atom is 0.323 e. The van der Waals surface area contributed by atoms with Gasteiger partial charge in [0.15, 0.2) is 0 Å². The summed E-state index contributed by atoms with van der Waals surface area (Å²) in [4.78, 5) is 25.8. The van der Waals surface area contributed by atoms with E-state index in [0.29, 0.717) is 6.54 Å². The van der Waals surface area contributed by atoms with Gasteiger partial charge in [-0.25, -0.2) is 0 Å². The summed E-state index contributed by atoms with van der Waals surface area (Å²) in [6.07, 6.45) is 0. The monoisotopic (exact) mass is 244 g/mol. The number of carbonyl (C=O) groups is 2. The first-order valence-electron chi connectivity index (χ1n) is 5.54. The van der Waals surface area contributed by atoms with E-state index in [1.54, 1.807) is 19.0 Å². The lowest BCUT2D eigenvalue weighted by Gasteiger charge is -2.41. The van der Waals surface area contributed by atoms with Gasteiger partial charge in [-0.1, -0.05) is 0 Å². The second-order valence-corrected chi connectivity index (χ2v) is 5.12. The van der Waals surface area contributed by atoms with E-state index in [1.807, 2.05) is 13.8 Å². The van der Waals surface area contributed by atoms with Crippen LogP contribution in [-0.4, -0.2) is 72.2 Å². The molecule has 98 valence electrons. The fraction of sp³-hybridized carbons (Fsp3) is 0.818. The number of carboxylic acids is 1. The van der Waals surface area contributed by atoms with Gasteiger partial charge in [0.1, 0.15) is 6.04 Å². The number of carboxylic acid groups (broad SMARTS) is 1. The van der Waals surface area contributed by atoms with Crippen LogP contribution in [0.25, 0.3) is 0 Å². The van der Waals surface area contributed by atoms with Gasteiger partial charge in [0, 0.05) is 20.6 Å². The first-order valence-corrected chi connectivity index (χ1v) is 5.54. The van der Waals surface area contributed by atoms with Gasteiger partial charge in [-0.3, -0.25) is 14.5 Å². The number of carbonyl (C=O) groups excluding carboxylic acids is 1. The van der Waals surface area contributed by atoms with Gasteiger partial charge >= 0.3 is 5.97 Å². The fourth-order valence-corrected chi connectivity index (χ4v) is 1.76. The summed E-state index contributed by atoms with van der Waals surface area (Å²) in [5.74, 6) is -1.05. The van der Waals surface area contributed by atoms with E-state index in [4.69, 9.17) is 9.84 Å². The van der Waals surface area contributed by atoms with Crippen LogP contribution < -0.4 is 0 Å². The van der Waals surface area contributed by atoms with Crippen molar-refractivity contribution in [3.63, 3.8) is 0 Å². The third-order valence-electron chi connectivity index (χ3n) is 2.78. The molecule has 0 aliphatic carbocycles. The van der Waals surface area contributed by atoms with E-state index >= 15 is 0 Å². The van der Waals surface area contributed by atoms with Gasteiger partial charge in [-0.2, -0.15) is 0 Å². The van der Waals surface area contributed by atoms with E-state index in [9.17, 15) is 9.59 Å². The van der Waals surface area contributed by atoms with Crippen molar-refractivity contribution in [3.8, 4) is 0 Å². The largest absolute Gasteiger partial charge is 0.480 e. The summed E-state index contributed by atoms with van der Waals surface area (Å²) in [5.41, 5.74) is -0.418. The lowest BCUT2D eigenvalue weighted by atomic mass is 10.0. The predicted molar refractivity (Wildman–Crippen MR) is 61.7 cm³/mol. The van der Waals surface area contributed by atoms with Gasteiger partial charge in [0.2, 0.25) is 5.91 Å². The molecule has 1 heterocycles. The summed E-state index contributed by atoms with van der Waals surface area (Å²) in [6.45, 7) is 4.43. The van der Waals surface area contributed by atoms with Crippen LogP contribution in [0.2, 0.25) is 0 Å². The molecule has 1 fully saturated rings. The minimum Gasteiger partial charge on any atom is -0.480 e. The molecule has 0 bridgehead atoms. The molecule has 1 rings (SSSR count). The highest BCUT2D eigenvalue weighted by atomic mass is 16.5. The van der Waals surface area contributed by atoms with Crippen molar-refractivity contribution in [2.75, 3.05) is 33.8 Å². The highest BCUT2D eigenvalue weighted by molar-refractivity contribution is 5.79. The molecule has 17 heavy (non-hydrogen) atoms.